The van der Waals surface area contributed by atoms with E-state index < -0.39 is 0 Å². The number of nitrogens with one attached hydrogen (secondary N) is 1. The van der Waals surface area contributed by atoms with Crippen molar-refractivity contribution in [1.29, 1.82) is 0 Å². The van der Waals surface area contributed by atoms with Gasteiger partial charge in [0.25, 0.3) is 0 Å². The summed E-state index contributed by atoms with van der Waals surface area (Å²) in [5.41, 5.74) is 0. The molecule has 0 amide bonds. The third kappa shape index (κ3) is 3.19. The lowest BCUT2D eigenvalue weighted by Crippen LogP contribution is -2.23. The summed E-state index contributed by atoms with van der Waals surface area (Å²) in [6.07, 6.45) is 4.19. The molecule has 2 nitrogen and oxygen atoms in total. The minimum Gasteiger partial charge on any atom is -0.300 e. The second-order valence-corrected chi connectivity index (χ2v) is 6.51. The van der Waals surface area contributed by atoms with Gasteiger partial charge in [-0.3, -0.25) is 0 Å². The number of aromatic nitrogens is 1. The van der Waals surface area contributed by atoms with Crippen molar-refractivity contribution in [2.24, 2.45) is 0 Å². The smallest absolute Gasteiger partial charge is 0.109 e. The van der Waals surface area contributed by atoms with E-state index in [-0.39, 0.29) is 0 Å². The molecule has 0 fully saturated rings. The van der Waals surface area contributed by atoms with Crippen molar-refractivity contribution in [3.05, 3.63) is 38.5 Å². The lowest BCUT2D eigenvalue weighted by molar-refractivity contribution is 0.461. The quantitative estimate of drug-likeness (QED) is 0.838. The molecule has 0 radical (unpaired) electrons. The van der Waals surface area contributed by atoms with E-state index in [9.17, 15) is 0 Å². The van der Waals surface area contributed by atoms with E-state index in [0.29, 0.717) is 12.1 Å². The van der Waals surface area contributed by atoms with Gasteiger partial charge in [0.1, 0.15) is 5.01 Å². The van der Waals surface area contributed by atoms with Crippen molar-refractivity contribution < 1.29 is 0 Å². The second kappa shape index (κ2) is 6.45. The molecule has 0 spiro atoms. The Bertz CT molecular complexity index is 462. The number of thiazole rings is 1. The summed E-state index contributed by atoms with van der Waals surface area (Å²) in [6.45, 7) is 6.61. The van der Waals surface area contributed by atoms with Gasteiger partial charge in [0.2, 0.25) is 0 Å². The summed E-state index contributed by atoms with van der Waals surface area (Å²) in [5.74, 6) is 0. The van der Waals surface area contributed by atoms with Gasteiger partial charge >= 0.3 is 0 Å². The topological polar surface area (TPSA) is 24.9 Å². The van der Waals surface area contributed by atoms with Crippen molar-refractivity contribution in [1.82, 2.24) is 10.3 Å². The molecule has 18 heavy (non-hydrogen) atoms. The monoisotopic (exact) mass is 280 g/mol. The summed E-state index contributed by atoms with van der Waals surface area (Å²) >= 11 is 3.64. The Balaban J connectivity index is 2.03. The standard InChI is InChI=1S/C14H20N2S2/c1-4-11-9-15-14(18-11)10(3)16-12(5-2)13-7-6-8-17-13/h6-10,12,16H,4-5H2,1-3H3. The van der Waals surface area contributed by atoms with Gasteiger partial charge in [-0.25, -0.2) is 4.98 Å². The molecule has 2 aromatic rings. The average Bonchev–Trinajstić information content (AvgIpc) is 3.05. The van der Waals surface area contributed by atoms with Crippen LogP contribution in [0.1, 0.15) is 54.0 Å². The van der Waals surface area contributed by atoms with E-state index in [4.69, 9.17) is 0 Å². The van der Waals surface area contributed by atoms with Crippen LogP contribution in [0.25, 0.3) is 0 Å². The zero-order valence-electron chi connectivity index (χ0n) is 11.1. The molecule has 1 N–H and O–H groups in total. The first-order valence-electron chi connectivity index (χ1n) is 6.48. The van der Waals surface area contributed by atoms with E-state index in [0.717, 1.165) is 12.8 Å². The van der Waals surface area contributed by atoms with Crippen LogP contribution in [0.5, 0.6) is 0 Å². The van der Waals surface area contributed by atoms with Crippen LogP contribution in [0.3, 0.4) is 0 Å². The SMILES string of the molecule is CCc1cnc(C(C)NC(CC)c2cccs2)s1. The lowest BCUT2D eigenvalue weighted by atomic mass is 10.1. The Hall–Kier alpha value is -0.710. The molecule has 0 aliphatic carbocycles. The van der Waals surface area contributed by atoms with Gasteiger partial charge in [0.05, 0.1) is 6.04 Å². The van der Waals surface area contributed by atoms with E-state index in [1.54, 1.807) is 0 Å². The fourth-order valence-corrected chi connectivity index (χ4v) is 3.69. The fourth-order valence-electron chi connectivity index (χ4n) is 1.95. The number of hydrogen-bond acceptors (Lipinski definition) is 4. The van der Waals surface area contributed by atoms with Crippen LogP contribution in [0.2, 0.25) is 0 Å². The number of hydrogen-bond donors (Lipinski definition) is 1. The molecule has 0 saturated carbocycles. The van der Waals surface area contributed by atoms with E-state index in [1.807, 2.05) is 28.9 Å². The lowest BCUT2D eigenvalue weighted by Gasteiger charge is -2.19. The second-order valence-electron chi connectivity index (χ2n) is 4.38. The van der Waals surface area contributed by atoms with Crippen molar-refractivity contribution in [3.8, 4) is 0 Å². The van der Waals surface area contributed by atoms with Crippen molar-refractivity contribution in [3.63, 3.8) is 0 Å². The Morgan fingerprint density at radius 2 is 2.22 bits per heavy atom. The normalized spacial score (nSPS) is 14.6. The molecule has 2 rings (SSSR count). The van der Waals surface area contributed by atoms with E-state index in [2.05, 4.69) is 48.6 Å². The van der Waals surface area contributed by atoms with Crippen LogP contribution in [0.15, 0.2) is 23.7 Å². The molecular weight excluding hydrogens is 260 g/mol. The summed E-state index contributed by atoms with van der Waals surface area (Å²) < 4.78 is 0. The van der Waals surface area contributed by atoms with Gasteiger partial charge in [0, 0.05) is 22.0 Å². The van der Waals surface area contributed by atoms with Crippen LogP contribution in [-0.2, 0) is 6.42 Å². The molecule has 98 valence electrons. The molecule has 2 aromatic heterocycles. The van der Waals surface area contributed by atoms with Gasteiger partial charge in [-0.05, 0) is 31.2 Å². The van der Waals surface area contributed by atoms with Crippen molar-refractivity contribution >= 4 is 22.7 Å². The molecule has 4 heteroatoms. The maximum absolute atomic E-state index is 4.52. The number of nitrogens with zero attached hydrogens (tertiary/aromatic N) is 1. The summed E-state index contributed by atoms with van der Waals surface area (Å²) in [6, 6.07) is 5.09. The first-order valence-corrected chi connectivity index (χ1v) is 8.18. The molecule has 2 unspecified atom stereocenters. The zero-order valence-corrected chi connectivity index (χ0v) is 12.8. The highest BCUT2D eigenvalue weighted by Crippen LogP contribution is 2.27. The van der Waals surface area contributed by atoms with Crippen LogP contribution >= 0.6 is 22.7 Å². The maximum atomic E-state index is 4.52. The van der Waals surface area contributed by atoms with Crippen molar-refractivity contribution in [2.45, 2.75) is 45.7 Å². The van der Waals surface area contributed by atoms with Gasteiger partial charge in [-0.2, -0.15) is 0 Å². The molecular formula is C14H20N2S2. The zero-order chi connectivity index (χ0) is 13.0. The molecule has 0 aromatic carbocycles. The van der Waals surface area contributed by atoms with Crippen LogP contribution in [-0.4, -0.2) is 4.98 Å². The summed E-state index contributed by atoms with van der Waals surface area (Å²) in [7, 11) is 0. The summed E-state index contributed by atoms with van der Waals surface area (Å²) in [4.78, 5) is 7.29. The van der Waals surface area contributed by atoms with Crippen LogP contribution in [0.4, 0.5) is 0 Å². The third-order valence-electron chi connectivity index (χ3n) is 3.04. The molecule has 2 heterocycles. The Morgan fingerprint density at radius 1 is 1.39 bits per heavy atom. The van der Waals surface area contributed by atoms with Crippen LogP contribution < -0.4 is 5.32 Å². The fraction of sp³-hybridized carbons (Fsp3) is 0.500. The summed E-state index contributed by atoms with van der Waals surface area (Å²) in [5, 5.41) is 7.02. The Morgan fingerprint density at radius 3 is 2.78 bits per heavy atom. The average molecular weight is 280 g/mol. The van der Waals surface area contributed by atoms with Gasteiger partial charge in [-0.1, -0.05) is 19.9 Å². The van der Waals surface area contributed by atoms with Gasteiger partial charge in [-0.15, -0.1) is 22.7 Å². The predicted molar refractivity (Wildman–Crippen MR) is 80.4 cm³/mol. The molecule has 2 atom stereocenters. The molecule has 0 saturated heterocycles. The predicted octanol–water partition coefficient (Wildman–Crippen LogP) is 4.57. The Labute approximate surface area is 117 Å². The van der Waals surface area contributed by atoms with Gasteiger partial charge < -0.3 is 5.32 Å². The van der Waals surface area contributed by atoms with Gasteiger partial charge in [0.15, 0.2) is 0 Å². The first-order chi connectivity index (χ1) is 8.74. The Kier molecular flexibility index (Phi) is 4.92. The highest BCUT2D eigenvalue weighted by Gasteiger charge is 2.16. The highest BCUT2D eigenvalue weighted by atomic mass is 32.1. The maximum Gasteiger partial charge on any atom is 0.109 e. The highest BCUT2D eigenvalue weighted by molar-refractivity contribution is 7.11. The van der Waals surface area contributed by atoms with Crippen molar-refractivity contribution in [2.75, 3.05) is 0 Å². The van der Waals surface area contributed by atoms with Crippen LogP contribution in [0, 0.1) is 0 Å². The first kappa shape index (κ1) is 13.7. The number of rotatable bonds is 6. The van der Waals surface area contributed by atoms with E-state index >= 15 is 0 Å². The largest absolute Gasteiger partial charge is 0.300 e. The molecule has 0 bridgehead atoms. The number of aryl methyl sites for hydroxylation is 1. The minimum atomic E-state index is 0.322. The number of thiophene rings is 1. The molecule has 0 aliphatic heterocycles. The molecule has 0 aliphatic rings. The minimum absolute atomic E-state index is 0.322. The van der Waals surface area contributed by atoms with E-state index in [1.165, 1.54) is 14.8 Å². The third-order valence-corrected chi connectivity index (χ3v) is 5.35.